The first-order valence-corrected chi connectivity index (χ1v) is 7.18. The molecular formula is C18H13NO4. The first-order valence-electron chi connectivity index (χ1n) is 7.18. The molecule has 0 fully saturated rings. The highest BCUT2D eigenvalue weighted by Crippen LogP contribution is 2.33. The molecule has 2 aromatic carbocycles. The summed E-state index contributed by atoms with van der Waals surface area (Å²) in [5.41, 5.74) is 2.97. The Hall–Kier alpha value is -3.08. The summed E-state index contributed by atoms with van der Waals surface area (Å²) in [4.78, 5) is 16.3. The lowest BCUT2D eigenvalue weighted by Gasteiger charge is -1.99. The molecule has 2 aliphatic heterocycles. The number of esters is 1. The van der Waals surface area contributed by atoms with E-state index >= 15 is 0 Å². The largest absolute Gasteiger partial charge is 0.454 e. The predicted molar refractivity (Wildman–Crippen MR) is 84.4 cm³/mol. The molecule has 0 aromatic heterocycles. The molecule has 2 heterocycles. The fourth-order valence-corrected chi connectivity index (χ4v) is 2.39. The first-order chi connectivity index (χ1) is 11.2. The van der Waals surface area contributed by atoms with Crippen LogP contribution in [0, 0.1) is 6.92 Å². The minimum absolute atomic E-state index is 0.215. The summed E-state index contributed by atoms with van der Waals surface area (Å²) >= 11 is 0. The molecular weight excluding hydrogens is 294 g/mol. The third-order valence-corrected chi connectivity index (χ3v) is 3.62. The average Bonchev–Trinajstić information content (AvgIpc) is 3.15. The van der Waals surface area contributed by atoms with Gasteiger partial charge in [0.15, 0.2) is 17.2 Å². The lowest BCUT2D eigenvalue weighted by molar-refractivity contribution is -0.129. The summed E-state index contributed by atoms with van der Waals surface area (Å²) in [5, 5.41) is 0. The minimum Gasteiger partial charge on any atom is -0.454 e. The van der Waals surface area contributed by atoms with E-state index in [1.165, 1.54) is 0 Å². The second-order valence-electron chi connectivity index (χ2n) is 5.31. The fraction of sp³-hybridized carbons (Fsp3) is 0.111. The van der Waals surface area contributed by atoms with Crippen LogP contribution in [0.2, 0.25) is 0 Å². The van der Waals surface area contributed by atoms with Gasteiger partial charge in [-0.25, -0.2) is 9.79 Å². The van der Waals surface area contributed by atoms with Gasteiger partial charge in [-0.2, -0.15) is 0 Å². The second-order valence-corrected chi connectivity index (χ2v) is 5.31. The Morgan fingerprint density at radius 3 is 2.65 bits per heavy atom. The topological polar surface area (TPSA) is 57.1 Å². The number of aliphatic imine (C=N–C) groups is 1. The predicted octanol–water partition coefficient (Wildman–Crippen LogP) is 3.07. The molecule has 0 saturated carbocycles. The highest BCUT2D eigenvalue weighted by atomic mass is 16.7. The monoisotopic (exact) mass is 307 g/mol. The zero-order chi connectivity index (χ0) is 15.8. The molecule has 23 heavy (non-hydrogen) atoms. The molecule has 4 rings (SSSR count). The van der Waals surface area contributed by atoms with Crippen LogP contribution in [0.3, 0.4) is 0 Å². The molecule has 0 amide bonds. The molecule has 0 saturated heterocycles. The van der Waals surface area contributed by atoms with Crippen LogP contribution in [0.15, 0.2) is 53.2 Å². The van der Waals surface area contributed by atoms with E-state index in [1.807, 2.05) is 43.3 Å². The lowest BCUT2D eigenvalue weighted by atomic mass is 10.1. The Balaban J connectivity index is 1.65. The van der Waals surface area contributed by atoms with E-state index < -0.39 is 5.97 Å². The molecule has 114 valence electrons. The van der Waals surface area contributed by atoms with Crippen molar-refractivity contribution in [3.05, 3.63) is 64.9 Å². The van der Waals surface area contributed by atoms with Crippen molar-refractivity contribution >= 4 is 17.9 Å². The normalized spacial score (nSPS) is 17.3. The zero-order valence-corrected chi connectivity index (χ0v) is 12.4. The van der Waals surface area contributed by atoms with Crippen LogP contribution in [-0.2, 0) is 9.53 Å². The zero-order valence-electron chi connectivity index (χ0n) is 12.4. The van der Waals surface area contributed by atoms with Crippen molar-refractivity contribution in [1.82, 2.24) is 0 Å². The molecule has 2 aromatic rings. The summed E-state index contributed by atoms with van der Waals surface area (Å²) in [7, 11) is 0. The van der Waals surface area contributed by atoms with Crippen LogP contribution in [0.4, 0.5) is 0 Å². The summed E-state index contributed by atoms with van der Waals surface area (Å²) in [6.45, 7) is 2.21. The highest BCUT2D eigenvalue weighted by molar-refractivity contribution is 6.12. The van der Waals surface area contributed by atoms with Crippen molar-refractivity contribution < 1.29 is 19.0 Å². The number of ether oxygens (including phenoxy) is 3. The number of cyclic esters (lactones) is 1. The van der Waals surface area contributed by atoms with Gasteiger partial charge in [-0.05, 0) is 42.8 Å². The molecule has 0 bridgehead atoms. The molecule has 5 nitrogen and oxygen atoms in total. The SMILES string of the molecule is Cc1ccc(C2=N/C(=C\c3ccc4c(c3)OCO4)C(=O)O2)cc1. The number of rotatable bonds is 2. The van der Waals surface area contributed by atoms with E-state index in [0.717, 1.165) is 16.7 Å². The van der Waals surface area contributed by atoms with E-state index in [0.29, 0.717) is 17.4 Å². The molecule has 2 aliphatic rings. The quantitative estimate of drug-likeness (QED) is 0.632. The van der Waals surface area contributed by atoms with Crippen LogP contribution in [-0.4, -0.2) is 18.7 Å². The van der Waals surface area contributed by atoms with Crippen molar-refractivity contribution in [2.24, 2.45) is 4.99 Å². The number of carbonyl (C=O) groups is 1. The summed E-state index contributed by atoms with van der Waals surface area (Å²) in [6, 6.07) is 13.1. The summed E-state index contributed by atoms with van der Waals surface area (Å²) in [6.07, 6.45) is 1.67. The van der Waals surface area contributed by atoms with Gasteiger partial charge in [-0.15, -0.1) is 0 Å². The Morgan fingerprint density at radius 2 is 1.83 bits per heavy atom. The number of aryl methyl sites for hydroxylation is 1. The maximum atomic E-state index is 12.0. The van der Waals surface area contributed by atoms with E-state index in [9.17, 15) is 4.79 Å². The maximum Gasteiger partial charge on any atom is 0.363 e. The highest BCUT2D eigenvalue weighted by Gasteiger charge is 2.24. The first kappa shape index (κ1) is 13.6. The summed E-state index contributed by atoms with van der Waals surface area (Å²) in [5.74, 6) is 1.22. The summed E-state index contributed by atoms with van der Waals surface area (Å²) < 4.78 is 15.8. The molecule has 0 spiro atoms. The van der Waals surface area contributed by atoms with Gasteiger partial charge < -0.3 is 14.2 Å². The van der Waals surface area contributed by atoms with Gasteiger partial charge in [-0.1, -0.05) is 23.8 Å². The van der Waals surface area contributed by atoms with Crippen LogP contribution < -0.4 is 9.47 Å². The van der Waals surface area contributed by atoms with E-state index in [1.54, 1.807) is 12.1 Å². The molecule has 0 unspecified atom stereocenters. The Labute approximate surface area is 132 Å². The van der Waals surface area contributed by atoms with Gasteiger partial charge in [0.25, 0.3) is 0 Å². The third-order valence-electron chi connectivity index (χ3n) is 3.62. The average molecular weight is 307 g/mol. The lowest BCUT2D eigenvalue weighted by Crippen LogP contribution is -2.05. The Kier molecular flexibility index (Phi) is 3.12. The fourth-order valence-electron chi connectivity index (χ4n) is 2.39. The van der Waals surface area contributed by atoms with E-state index in [4.69, 9.17) is 14.2 Å². The third kappa shape index (κ3) is 2.57. The van der Waals surface area contributed by atoms with Gasteiger partial charge >= 0.3 is 5.97 Å². The van der Waals surface area contributed by atoms with Gasteiger partial charge in [0.1, 0.15) is 0 Å². The van der Waals surface area contributed by atoms with Crippen LogP contribution >= 0.6 is 0 Å². The molecule has 0 radical (unpaired) electrons. The van der Waals surface area contributed by atoms with Gasteiger partial charge in [0.05, 0.1) is 0 Å². The van der Waals surface area contributed by atoms with Crippen LogP contribution in [0.5, 0.6) is 11.5 Å². The van der Waals surface area contributed by atoms with Crippen molar-refractivity contribution in [3.63, 3.8) is 0 Å². The van der Waals surface area contributed by atoms with Crippen molar-refractivity contribution in [2.75, 3.05) is 6.79 Å². The number of fused-ring (bicyclic) bond motifs is 1. The number of carbonyl (C=O) groups excluding carboxylic acids is 1. The second kappa shape index (κ2) is 5.28. The number of nitrogens with zero attached hydrogens (tertiary/aromatic N) is 1. The van der Waals surface area contributed by atoms with Crippen LogP contribution in [0.1, 0.15) is 16.7 Å². The van der Waals surface area contributed by atoms with Crippen molar-refractivity contribution in [2.45, 2.75) is 6.92 Å². The molecule has 0 atom stereocenters. The van der Waals surface area contributed by atoms with Gasteiger partial charge in [-0.3, -0.25) is 0 Å². The molecule has 5 heteroatoms. The van der Waals surface area contributed by atoms with Crippen molar-refractivity contribution in [1.29, 1.82) is 0 Å². The minimum atomic E-state index is -0.460. The maximum absolute atomic E-state index is 12.0. The van der Waals surface area contributed by atoms with Gasteiger partial charge in [0, 0.05) is 5.56 Å². The molecule has 0 N–H and O–H groups in total. The number of benzene rings is 2. The smallest absolute Gasteiger partial charge is 0.363 e. The van der Waals surface area contributed by atoms with E-state index in [2.05, 4.69) is 4.99 Å². The Morgan fingerprint density at radius 1 is 1.04 bits per heavy atom. The molecule has 0 aliphatic carbocycles. The number of hydrogen-bond donors (Lipinski definition) is 0. The van der Waals surface area contributed by atoms with Crippen molar-refractivity contribution in [3.8, 4) is 11.5 Å². The Bertz CT molecular complexity index is 850. The van der Waals surface area contributed by atoms with Crippen LogP contribution in [0.25, 0.3) is 6.08 Å². The number of hydrogen-bond acceptors (Lipinski definition) is 5. The van der Waals surface area contributed by atoms with Gasteiger partial charge in [0.2, 0.25) is 12.7 Å². The standard InChI is InChI=1S/C18H13NO4/c1-11-2-5-13(6-3-11)17-19-14(18(20)23-17)8-12-4-7-15-16(9-12)22-10-21-15/h2-9H,10H2,1H3/b14-8-. The van der Waals surface area contributed by atoms with E-state index in [-0.39, 0.29) is 12.5 Å².